The molecule has 0 saturated heterocycles. The number of hydrogen-bond acceptors (Lipinski definition) is 3. The first-order chi connectivity index (χ1) is 5.79. The van der Waals surface area contributed by atoms with E-state index in [0.29, 0.717) is 17.2 Å². The fourth-order valence-electron chi connectivity index (χ4n) is 0.959. The van der Waals surface area contributed by atoms with Crippen LogP contribution in [0.2, 0.25) is 5.02 Å². The Bertz CT molecular complexity index is 265. The lowest BCUT2D eigenvalue weighted by Crippen LogP contribution is -1.97. The standard InChI is InChI=1S/C8H10ClNO2/c1-12-5-6-2-10-3-8(9)7(6)4-11/h2-3,11H,4-5H2,1H3. The number of methoxy groups -OCH3 is 1. The van der Waals surface area contributed by atoms with E-state index in [9.17, 15) is 0 Å². The molecule has 0 radical (unpaired) electrons. The van der Waals surface area contributed by atoms with Crippen molar-refractivity contribution in [2.24, 2.45) is 0 Å². The Morgan fingerprint density at radius 2 is 2.33 bits per heavy atom. The van der Waals surface area contributed by atoms with E-state index in [1.54, 1.807) is 13.3 Å². The quantitative estimate of drug-likeness (QED) is 0.778. The number of nitrogens with zero attached hydrogens (tertiary/aromatic N) is 1. The molecule has 0 fully saturated rings. The Kier molecular flexibility index (Phi) is 3.47. The summed E-state index contributed by atoms with van der Waals surface area (Å²) in [5.41, 5.74) is 1.51. The van der Waals surface area contributed by atoms with Crippen LogP contribution in [0.3, 0.4) is 0 Å². The highest BCUT2D eigenvalue weighted by molar-refractivity contribution is 6.31. The maximum Gasteiger partial charge on any atom is 0.0732 e. The molecule has 0 amide bonds. The van der Waals surface area contributed by atoms with Crippen molar-refractivity contribution in [3.05, 3.63) is 28.5 Å². The third kappa shape index (κ3) is 1.94. The predicted octanol–water partition coefficient (Wildman–Crippen LogP) is 1.37. The molecular weight excluding hydrogens is 178 g/mol. The lowest BCUT2D eigenvalue weighted by atomic mass is 10.1. The average molecular weight is 188 g/mol. The summed E-state index contributed by atoms with van der Waals surface area (Å²) < 4.78 is 4.92. The minimum absolute atomic E-state index is 0.0833. The van der Waals surface area contributed by atoms with Gasteiger partial charge in [-0.25, -0.2) is 0 Å². The van der Waals surface area contributed by atoms with Gasteiger partial charge >= 0.3 is 0 Å². The van der Waals surface area contributed by atoms with Crippen molar-refractivity contribution in [1.82, 2.24) is 4.98 Å². The van der Waals surface area contributed by atoms with Crippen LogP contribution in [0.4, 0.5) is 0 Å². The number of pyridine rings is 1. The van der Waals surface area contributed by atoms with Crippen LogP contribution in [0.25, 0.3) is 0 Å². The third-order valence-corrected chi connectivity index (χ3v) is 1.88. The first kappa shape index (κ1) is 9.45. The Morgan fingerprint density at radius 3 is 2.92 bits per heavy atom. The zero-order valence-corrected chi connectivity index (χ0v) is 7.51. The molecule has 0 aromatic carbocycles. The van der Waals surface area contributed by atoms with E-state index < -0.39 is 0 Å². The van der Waals surface area contributed by atoms with E-state index >= 15 is 0 Å². The molecular formula is C8H10ClNO2. The molecule has 1 N–H and O–H groups in total. The SMILES string of the molecule is COCc1cncc(Cl)c1CO. The largest absolute Gasteiger partial charge is 0.392 e. The van der Waals surface area contributed by atoms with E-state index in [4.69, 9.17) is 21.4 Å². The molecule has 12 heavy (non-hydrogen) atoms. The Labute approximate surface area is 76.0 Å². The van der Waals surface area contributed by atoms with Crippen LogP contribution in [-0.2, 0) is 18.0 Å². The number of aliphatic hydroxyl groups excluding tert-OH is 1. The van der Waals surface area contributed by atoms with Crippen molar-refractivity contribution >= 4 is 11.6 Å². The van der Waals surface area contributed by atoms with Gasteiger partial charge in [-0.15, -0.1) is 0 Å². The van der Waals surface area contributed by atoms with E-state index in [1.807, 2.05) is 0 Å². The van der Waals surface area contributed by atoms with Crippen molar-refractivity contribution in [1.29, 1.82) is 0 Å². The molecule has 1 aromatic rings. The fourth-order valence-corrected chi connectivity index (χ4v) is 1.20. The van der Waals surface area contributed by atoms with Crippen LogP contribution in [0.5, 0.6) is 0 Å². The molecule has 0 spiro atoms. The van der Waals surface area contributed by atoms with Crippen LogP contribution in [-0.4, -0.2) is 17.2 Å². The van der Waals surface area contributed by atoms with E-state index in [2.05, 4.69) is 4.98 Å². The molecule has 0 saturated carbocycles. The van der Waals surface area contributed by atoms with Crippen LogP contribution in [0.15, 0.2) is 12.4 Å². The molecule has 66 valence electrons. The summed E-state index contributed by atoms with van der Waals surface area (Å²) in [6.45, 7) is 0.337. The van der Waals surface area contributed by atoms with Gasteiger partial charge in [-0.1, -0.05) is 11.6 Å². The van der Waals surface area contributed by atoms with Crippen molar-refractivity contribution < 1.29 is 9.84 Å². The molecule has 1 heterocycles. The zero-order chi connectivity index (χ0) is 8.97. The first-order valence-electron chi connectivity index (χ1n) is 3.50. The summed E-state index contributed by atoms with van der Waals surface area (Å²) in [7, 11) is 1.59. The smallest absolute Gasteiger partial charge is 0.0732 e. The normalized spacial score (nSPS) is 10.2. The predicted molar refractivity (Wildman–Crippen MR) is 45.9 cm³/mol. The molecule has 1 aromatic heterocycles. The van der Waals surface area contributed by atoms with Crippen molar-refractivity contribution in [3.63, 3.8) is 0 Å². The van der Waals surface area contributed by atoms with E-state index in [-0.39, 0.29) is 6.61 Å². The molecule has 0 aliphatic heterocycles. The zero-order valence-electron chi connectivity index (χ0n) is 6.75. The molecule has 0 aliphatic rings. The highest BCUT2D eigenvalue weighted by Gasteiger charge is 2.05. The van der Waals surface area contributed by atoms with Crippen molar-refractivity contribution in [3.8, 4) is 0 Å². The molecule has 3 nitrogen and oxygen atoms in total. The summed E-state index contributed by atoms with van der Waals surface area (Å²) >= 11 is 5.79. The Morgan fingerprint density at radius 1 is 1.58 bits per heavy atom. The molecule has 0 bridgehead atoms. The van der Waals surface area contributed by atoms with Crippen LogP contribution in [0, 0.1) is 0 Å². The van der Waals surface area contributed by atoms with Gasteiger partial charge in [-0.3, -0.25) is 4.98 Å². The summed E-state index contributed by atoms with van der Waals surface area (Å²) in [6, 6.07) is 0. The van der Waals surface area contributed by atoms with Crippen molar-refractivity contribution in [2.45, 2.75) is 13.2 Å². The van der Waals surface area contributed by atoms with Gasteiger partial charge in [0.15, 0.2) is 0 Å². The fraction of sp³-hybridized carbons (Fsp3) is 0.375. The number of hydrogen-bond donors (Lipinski definition) is 1. The number of rotatable bonds is 3. The highest BCUT2D eigenvalue weighted by Crippen LogP contribution is 2.18. The second-order valence-electron chi connectivity index (χ2n) is 2.35. The Hall–Kier alpha value is -0.640. The molecule has 0 atom stereocenters. The van der Waals surface area contributed by atoms with Gasteiger partial charge < -0.3 is 9.84 Å². The van der Waals surface area contributed by atoms with Gasteiger partial charge in [0.25, 0.3) is 0 Å². The van der Waals surface area contributed by atoms with Crippen LogP contribution >= 0.6 is 11.6 Å². The number of halogens is 1. The minimum Gasteiger partial charge on any atom is -0.392 e. The van der Waals surface area contributed by atoms with Crippen molar-refractivity contribution in [2.75, 3.05) is 7.11 Å². The molecule has 1 rings (SSSR count). The summed E-state index contributed by atoms with van der Waals surface area (Å²) in [6.07, 6.45) is 3.15. The van der Waals surface area contributed by atoms with Crippen LogP contribution < -0.4 is 0 Å². The van der Waals surface area contributed by atoms with Crippen LogP contribution in [0.1, 0.15) is 11.1 Å². The van der Waals surface area contributed by atoms with Gasteiger partial charge in [0.1, 0.15) is 0 Å². The average Bonchev–Trinajstić information content (AvgIpc) is 2.05. The lowest BCUT2D eigenvalue weighted by Gasteiger charge is -2.06. The highest BCUT2D eigenvalue weighted by atomic mass is 35.5. The monoisotopic (exact) mass is 187 g/mol. The second-order valence-corrected chi connectivity index (χ2v) is 2.76. The summed E-state index contributed by atoms with van der Waals surface area (Å²) in [4.78, 5) is 3.89. The van der Waals surface area contributed by atoms with Gasteiger partial charge in [0, 0.05) is 30.6 Å². The van der Waals surface area contributed by atoms with Gasteiger partial charge in [-0.2, -0.15) is 0 Å². The van der Waals surface area contributed by atoms with Gasteiger partial charge in [-0.05, 0) is 0 Å². The summed E-state index contributed by atoms with van der Waals surface area (Å²) in [5, 5.41) is 9.44. The molecule has 0 aliphatic carbocycles. The van der Waals surface area contributed by atoms with E-state index in [0.717, 1.165) is 5.56 Å². The van der Waals surface area contributed by atoms with Gasteiger partial charge in [0.2, 0.25) is 0 Å². The minimum atomic E-state index is -0.0833. The van der Waals surface area contributed by atoms with E-state index in [1.165, 1.54) is 6.20 Å². The lowest BCUT2D eigenvalue weighted by molar-refractivity contribution is 0.181. The Balaban J connectivity index is 3.00. The second kappa shape index (κ2) is 4.40. The summed E-state index contributed by atoms with van der Waals surface area (Å²) in [5.74, 6) is 0. The molecule has 4 heteroatoms. The third-order valence-electron chi connectivity index (χ3n) is 1.55. The first-order valence-corrected chi connectivity index (χ1v) is 3.88. The maximum absolute atomic E-state index is 8.96. The molecule has 0 unspecified atom stereocenters. The number of ether oxygens (including phenoxy) is 1. The maximum atomic E-state index is 8.96. The topological polar surface area (TPSA) is 42.4 Å². The van der Waals surface area contributed by atoms with Gasteiger partial charge in [0.05, 0.1) is 18.2 Å². The number of aromatic nitrogens is 1. The number of aliphatic hydroxyl groups is 1.